The molecule has 1 saturated carbocycles. The molecule has 0 spiro atoms. The van der Waals surface area contributed by atoms with Crippen LogP contribution >= 0.6 is 0 Å². The molecule has 2 aromatic rings. The summed E-state index contributed by atoms with van der Waals surface area (Å²) in [4.78, 5) is 13.1. The van der Waals surface area contributed by atoms with Crippen LogP contribution < -0.4 is 5.56 Å². The maximum atomic E-state index is 13.1. The van der Waals surface area contributed by atoms with E-state index in [2.05, 4.69) is 65.1 Å². The van der Waals surface area contributed by atoms with Gasteiger partial charge in [0.05, 0.1) is 5.39 Å². The van der Waals surface area contributed by atoms with Crippen LogP contribution in [-0.4, -0.2) is 12.6 Å². The van der Waals surface area contributed by atoms with Gasteiger partial charge >= 0.3 is 0 Å². The van der Waals surface area contributed by atoms with Crippen molar-refractivity contribution in [2.24, 2.45) is 7.05 Å². The fourth-order valence-corrected chi connectivity index (χ4v) is 10.2. The Morgan fingerprint density at radius 1 is 1.04 bits per heavy atom. The number of hydrogen-bond acceptors (Lipinski definition) is 1. The second-order valence-electron chi connectivity index (χ2n) is 9.12. The Hall–Kier alpha value is -1.79. The van der Waals surface area contributed by atoms with Crippen LogP contribution in [0.4, 0.5) is 0 Å². The molecule has 0 unspecified atom stereocenters. The normalized spacial score (nSPS) is 14.9. The van der Waals surface area contributed by atoms with E-state index in [0.29, 0.717) is 22.5 Å². The molecule has 0 atom stereocenters. The fraction of sp³-hybridized carbons (Fsp3) is 0.542. The van der Waals surface area contributed by atoms with Gasteiger partial charge in [-0.3, -0.25) is 4.79 Å². The molecule has 27 heavy (non-hydrogen) atoms. The van der Waals surface area contributed by atoms with Gasteiger partial charge in [0.25, 0.3) is 5.56 Å². The average Bonchev–Trinajstić information content (AvgIpc) is 3.42. The van der Waals surface area contributed by atoms with E-state index in [1.807, 2.05) is 23.7 Å². The predicted octanol–water partition coefficient (Wildman–Crippen LogP) is 5.99. The first-order valence-corrected chi connectivity index (χ1v) is 12.6. The van der Waals surface area contributed by atoms with Crippen LogP contribution in [0.5, 0.6) is 0 Å². The monoisotopic (exact) mass is 379 g/mol. The van der Waals surface area contributed by atoms with Gasteiger partial charge in [-0.2, -0.15) is 0 Å². The lowest BCUT2D eigenvalue weighted by molar-refractivity contribution is 0.786. The zero-order chi connectivity index (χ0) is 19.9. The summed E-state index contributed by atoms with van der Waals surface area (Å²) in [6, 6.07) is 8.34. The van der Waals surface area contributed by atoms with Gasteiger partial charge in [0, 0.05) is 18.3 Å². The van der Waals surface area contributed by atoms with E-state index < -0.39 is 8.07 Å². The predicted molar refractivity (Wildman–Crippen MR) is 119 cm³/mol. The molecule has 144 valence electrons. The molecular weight excluding hydrogens is 346 g/mol. The van der Waals surface area contributed by atoms with E-state index >= 15 is 0 Å². The number of pyridine rings is 1. The van der Waals surface area contributed by atoms with E-state index in [0.717, 1.165) is 16.3 Å². The van der Waals surface area contributed by atoms with Crippen LogP contribution in [-0.2, 0) is 7.05 Å². The molecule has 1 aromatic carbocycles. The van der Waals surface area contributed by atoms with Crippen LogP contribution in [0.1, 0.15) is 71.6 Å². The summed E-state index contributed by atoms with van der Waals surface area (Å²) in [5, 5.41) is 1.83. The van der Waals surface area contributed by atoms with Gasteiger partial charge in [0.2, 0.25) is 0 Å². The largest absolute Gasteiger partial charge is 0.315 e. The molecule has 0 amide bonds. The molecule has 3 heteroatoms. The van der Waals surface area contributed by atoms with Gasteiger partial charge in [-0.15, -0.1) is 5.54 Å². The quantitative estimate of drug-likeness (QED) is 0.473. The molecule has 1 aromatic heterocycles. The molecule has 0 radical (unpaired) electrons. The summed E-state index contributed by atoms with van der Waals surface area (Å²) in [5.74, 6) is 4.06. The Balaban J connectivity index is 2.21. The molecule has 0 aliphatic heterocycles. The number of fused-ring (bicyclic) bond motifs is 1. The van der Waals surface area contributed by atoms with Crippen molar-refractivity contribution >= 4 is 18.8 Å². The van der Waals surface area contributed by atoms with Gasteiger partial charge in [-0.1, -0.05) is 59.6 Å². The summed E-state index contributed by atoms with van der Waals surface area (Å²) < 4.78 is 1.85. The van der Waals surface area contributed by atoms with E-state index in [1.165, 1.54) is 18.5 Å². The Morgan fingerprint density at radius 3 is 2.15 bits per heavy atom. The lowest BCUT2D eigenvalue weighted by Crippen LogP contribution is -2.43. The lowest BCUT2D eigenvalue weighted by atomic mass is 10.0. The number of rotatable bonds is 4. The third-order valence-electron chi connectivity index (χ3n) is 6.58. The van der Waals surface area contributed by atoms with Crippen molar-refractivity contribution in [3.63, 3.8) is 0 Å². The Kier molecular flexibility index (Phi) is 5.41. The van der Waals surface area contributed by atoms with Gasteiger partial charge in [-0.05, 0) is 52.9 Å². The zero-order valence-electron chi connectivity index (χ0n) is 17.9. The number of nitrogens with zero attached hydrogens (tertiary/aromatic N) is 1. The highest BCUT2D eigenvalue weighted by molar-refractivity contribution is 6.90. The standard InChI is InChI=1S/C24H33NOSi/c1-16(2)27(17(3)4,18(5)6)14-13-20-9-8-10-21-15-22(19-11-12-19)25(7)24(26)23(20)21/h8-10,15-19H,11-12H2,1-7H3. The summed E-state index contributed by atoms with van der Waals surface area (Å²) >= 11 is 0. The van der Waals surface area contributed by atoms with Crippen LogP contribution in [0, 0.1) is 11.5 Å². The molecular formula is C24H33NOSi. The van der Waals surface area contributed by atoms with Crippen LogP contribution in [0.25, 0.3) is 10.8 Å². The van der Waals surface area contributed by atoms with Gasteiger partial charge < -0.3 is 4.57 Å². The second kappa shape index (κ2) is 7.32. The molecule has 1 aliphatic rings. The van der Waals surface area contributed by atoms with E-state index in [1.54, 1.807) is 0 Å². The Labute approximate surface area is 165 Å². The number of benzene rings is 1. The van der Waals surface area contributed by atoms with E-state index in [9.17, 15) is 4.79 Å². The smallest absolute Gasteiger partial charge is 0.259 e. The molecule has 1 heterocycles. The first-order valence-electron chi connectivity index (χ1n) is 10.4. The highest BCUT2D eigenvalue weighted by Gasteiger charge is 2.41. The van der Waals surface area contributed by atoms with Crippen LogP contribution in [0.3, 0.4) is 0 Å². The van der Waals surface area contributed by atoms with Crippen molar-refractivity contribution in [3.05, 3.63) is 45.9 Å². The molecule has 0 saturated heterocycles. The second-order valence-corrected chi connectivity index (χ2v) is 14.7. The lowest BCUT2D eigenvalue weighted by Gasteiger charge is -2.38. The number of hydrogen-bond donors (Lipinski definition) is 0. The molecule has 3 rings (SSSR count). The van der Waals surface area contributed by atoms with Crippen molar-refractivity contribution < 1.29 is 0 Å². The van der Waals surface area contributed by atoms with Gasteiger partial charge in [-0.25, -0.2) is 0 Å². The summed E-state index contributed by atoms with van der Waals surface area (Å²) in [6.45, 7) is 13.9. The summed E-state index contributed by atoms with van der Waals surface area (Å²) in [6.07, 6.45) is 2.40. The van der Waals surface area contributed by atoms with Gasteiger partial charge in [0.1, 0.15) is 8.07 Å². The highest BCUT2D eigenvalue weighted by atomic mass is 28.3. The minimum absolute atomic E-state index is 0.102. The van der Waals surface area contributed by atoms with Crippen molar-refractivity contribution in [1.29, 1.82) is 0 Å². The number of aromatic nitrogens is 1. The van der Waals surface area contributed by atoms with Crippen molar-refractivity contribution in [2.45, 2.75) is 76.9 Å². The van der Waals surface area contributed by atoms with Crippen molar-refractivity contribution in [1.82, 2.24) is 4.57 Å². The molecule has 0 N–H and O–H groups in total. The topological polar surface area (TPSA) is 22.0 Å². The van der Waals surface area contributed by atoms with Gasteiger partial charge in [0.15, 0.2) is 0 Å². The maximum Gasteiger partial charge on any atom is 0.259 e. The van der Waals surface area contributed by atoms with Crippen LogP contribution in [0.2, 0.25) is 16.6 Å². The van der Waals surface area contributed by atoms with Crippen molar-refractivity contribution in [3.8, 4) is 11.5 Å². The fourth-order valence-electron chi connectivity index (χ4n) is 4.95. The van der Waals surface area contributed by atoms with E-state index in [-0.39, 0.29) is 5.56 Å². The van der Waals surface area contributed by atoms with Crippen molar-refractivity contribution in [2.75, 3.05) is 0 Å². The Bertz CT molecular complexity index is 946. The minimum atomic E-state index is -1.82. The third kappa shape index (κ3) is 3.41. The molecule has 0 bridgehead atoms. The molecule has 1 aliphatic carbocycles. The first kappa shape index (κ1) is 20.0. The van der Waals surface area contributed by atoms with E-state index in [4.69, 9.17) is 0 Å². The average molecular weight is 380 g/mol. The third-order valence-corrected chi connectivity index (χ3v) is 12.9. The maximum absolute atomic E-state index is 13.1. The summed E-state index contributed by atoms with van der Waals surface area (Å²) in [7, 11) is 0.0943. The summed E-state index contributed by atoms with van der Waals surface area (Å²) in [5.41, 5.74) is 7.71. The Morgan fingerprint density at radius 2 is 1.63 bits per heavy atom. The van der Waals surface area contributed by atoms with Crippen LogP contribution in [0.15, 0.2) is 29.1 Å². The SMILES string of the molecule is CC(C)[Si](C#Cc1cccc2cc(C3CC3)n(C)c(=O)c12)(C(C)C)C(C)C. The molecule has 2 nitrogen and oxygen atoms in total. The highest BCUT2D eigenvalue weighted by Crippen LogP contribution is 2.41. The molecule has 1 fully saturated rings. The first-order chi connectivity index (χ1) is 12.7. The minimum Gasteiger partial charge on any atom is -0.315 e. The zero-order valence-corrected chi connectivity index (χ0v) is 18.9.